The molecule has 3 aromatic rings. The normalized spacial score (nSPS) is 13.7. The second-order valence-electron chi connectivity index (χ2n) is 6.39. The van der Waals surface area contributed by atoms with Gasteiger partial charge in [0.25, 0.3) is 0 Å². The van der Waals surface area contributed by atoms with Crippen molar-refractivity contribution in [2.24, 2.45) is 0 Å². The molecule has 8 nitrogen and oxygen atoms in total. The molecule has 1 aliphatic rings. The fourth-order valence-electron chi connectivity index (χ4n) is 2.95. The van der Waals surface area contributed by atoms with Gasteiger partial charge in [-0.15, -0.1) is 10.2 Å². The number of pyridine rings is 1. The molecule has 29 heavy (non-hydrogen) atoms. The number of benzene rings is 1. The zero-order valence-corrected chi connectivity index (χ0v) is 17.0. The average Bonchev–Trinajstić information content (AvgIpc) is 3.16. The molecular formula is C20H21N5O3S. The van der Waals surface area contributed by atoms with Gasteiger partial charge >= 0.3 is 0 Å². The summed E-state index contributed by atoms with van der Waals surface area (Å²) in [6, 6.07) is 9.17. The number of aromatic nitrogens is 4. The van der Waals surface area contributed by atoms with Crippen LogP contribution in [-0.4, -0.2) is 44.1 Å². The molecule has 4 rings (SSSR count). The molecule has 0 aliphatic carbocycles. The van der Waals surface area contributed by atoms with E-state index in [1.54, 1.807) is 30.6 Å². The van der Waals surface area contributed by atoms with Crippen molar-refractivity contribution in [3.05, 3.63) is 42.7 Å². The van der Waals surface area contributed by atoms with Crippen molar-refractivity contribution in [1.82, 2.24) is 19.7 Å². The Bertz CT molecular complexity index is 1010. The number of amides is 1. The summed E-state index contributed by atoms with van der Waals surface area (Å²) in [6.07, 6.45) is 3.44. The molecular weight excluding hydrogens is 390 g/mol. The smallest absolute Gasteiger partial charge is 0.237 e. The number of carbonyl (C=O) groups excluding carboxylic acids is 1. The van der Waals surface area contributed by atoms with Gasteiger partial charge in [-0.3, -0.25) is 9.78 Å². The first kappa shape index (κ1) is 19.3. The summed E-state index contributed by atoms with van der Waals surface area (Å²) in [7, 11) is 0. The standard InChI is InChI=1S/C20H21N5O3S/c1-3-25-18(14-6-8-21-9-7-14)23-24-20(25)29-13(2)19(26)22-15-4-5-16-17(12-15)28-11-10-27-16/h4-9,12-13H,3,10-11H2,1-2H3,(H,22,26). The van der Waals surface area contributed by atoms with Crippen LogP contribution in [0.15, 0.2) is 47.9 Å². The third-order valence-corrected chi connectivity index (χ3v) is 5.51. The molecule has 1 aliphatic heterocycles. The summed E-state index contributed by atoms with van der Waals surface area (Å²) in [5.74, 6) is 1.97. The zero-order valence-electron chi connectivity index (χ0n) is 16.2. The maximum Gasteiger partial charge on any atom is 0.237 e. The maximum atomic E-state index is 12.7. The topological polar surface area (TPSA) is 91.2 Å². The Morgan fingerprint density at radius 3 is 2.69 bits per heavy atom. The lowest BCUT2D eigenvalue weighted by Gasteiger charge is -2.19. The molecule has 1 amide bonds. The van der Waals surface area contributed by atoms with Gasteiger partial charge in [0.05, 0.1) is 5.25 Å². The summed E-state index contributed by atoms with van der Waals surface area (Å²) in [5, 5.41) is 11.9. The monoisotopic (exact) mass is 411 g/mol. The molecule has 0 radical (unpaired) electrons. The highest BCUT2D eigenvalue weighted by atomic mass is 32.2. The lowest BCUT2D eigenvalue weighted by molar-refractivity contribution is -0.115. The van der Waals surface area contributed by atoms with Crippen LogP contribution in [0.4, 0.5) is 5.69 Å². The van der Waals surface area contributed by atoms with Gasteiger partial charge < -0.3 is 19.4 Å². The van der Waals surface area contributed by atoms with Crippen LogP contribution < -0.4 is 14.8 Å². The quantitative estimate of drug-likeness (QED) is 0.623. The molecule has 0 fully saturated rings. The minimum atomic E-state index is -0.358. The highest BCUT2D eigenvalue weighted by Crippen LogP contribution is 2.33. The molecule has 0 saturated carbocycles. The Labute approximate surface area is 172 Å². The second-order valence-corrected chi connectivity index (χ2v) is 7.70. The van der Waals surface area contributed by atoms with E-state index in [4.69, 9.17) is 9.47 Å². The molecule has 1 N–H and O–H groups in total. The second kappa shape index (κ2) is 8.52. The summed E-state index contributed by atoms with van der Waals surface area (Å²) in [6.45, 7) is 5.61. The van der Waals surface area contributed by atoms with Crippen molar-refractivity contribution in [3.63, 3.8) is 0 Å². The van der Waals surface area contributed by atoms with Gasteiger partial charge in [0.15, 0.2) is 22.5 Å². The van der Waals surface area contributed by atoms with Crippen LogP contribution in [0.25, 0.3) is 11.4 Å². The van der Waals surface area contributed by atoms with Crippen molar-refractivity contribution >= 4 is 23.4 Å². The van der Waals surface area contributed by atoms with Crippen LogP contribution in [0.2, 0.25) is 0 Å². The van der Waals surface area contributed by atoms with Crippen molar-refractivity contribution in [2.45, 2.75) is 30.8 Å². The van der Waals surface area contributed by atoms with Gasteiger partial charge in [0.2, 0.25) is 5.91 Å². The van der Waals surface area contributed by atoms with Crippen LogP contribution in [0.3, 0.4) is 0 Å². The highest BCUT2D eigenvalue weighted by molar-refractivity contribution is 8.00. The third-order valence-electron chi connectivity index (χ3n) is 4.43. The molecule has 0 spiro atoms. The van der Waals surface area contributed by atoms with Crippen molar-refractivity contribution in [1.29, 1.82) is 0 Å². The van der Waals surface area contributed by atoms with Crippen LogP contribution in [0.5, 0.6) is 11.5 Å². The Morgan fingerprint density at radius 2 is 1.93 bits per heavy atom. The SMILES string of the molecule is CCn1c(SC(C)C(=O)Nc2ccc3c(c2)OCCO3)nnc1-c1ccncc1. The van der Waals surface area contributed by atoms with E-state index in [0.29, 0.717) is 42.1 Å². The minimum Gasteiger partial charge on any atom is -0.486 e. The van der Waals surface area contributed by atoms with Gasteiger partial charge in [-0.05, 0) is 38.1 Å². The lowest BCUT2D eigenvalue weighted by Crippen LogP contribution is -2.23. The number of nitrogens with one attached hydrogen (secondary N) is 1. The van der Waals surface area contributed by atoms with Crippen LogP contribution in [0.1, 0.15) is 13.8 Å². The van der Waals surface area contributed by atoms with E-state index in [0.717, 1.165) is 11.4 Å². The molecule has 1 aromatic carbocycles. The summed E-state index contributed by atoms with van der Waals surface area (Å²) in [5.41, 5.74) is 1.61. The van der Waals surface area contributed by atoms with Gasteiger partial charge in [0, 0.05) is 36.3 Å². The lowest BCUT2D eigenvalue weighted by atomic mass is 10.2. The van der Waals surface area contributed by atoms with Gasteiger partial charge in [-0.25, -0.2) is 0 Å². The number of ether oxygens (including phenoxy) is 2. The first-order chi connectivity index (χ1) is 14.2. The van der Waals surface area contributed by atoms with Gasteiger partial charge in [-0.2, -0.15) is 0 Å². The first-order valence-electron chi connectivity index (χ1n) is 9.36. The van der Waals surface area contributed by atoms with E-state index in [-0.39, 0.29) is 11.2 Å². The van der Waals surface area contributed by atoms with Gasteiger partial charge in [-0.1, -0.05) is 11.8 Å². The van der Waals surface area contributed by atoms with E-state index in [9.17, 15) is 4.79 Å². The number of thioether (sulfide) groups is 1. The number of hydrogen-bond donors (Lipinski definition) is 1. The summed E-state index contributed by atoms with van der Waals surface area (Å²) in [4.78, 5) is 16.7. The molecule has 9 heteroatoms. The fraction of sp³-hybridized carbons (Fsp3) is 0.300. The number of rotatable bonds is 6. The summed E-state index contributed by atoms with van der Waals surface area (Å²) < 4.78 is 13.1. The molecule has 1 atom stereocenters. The number of fused-ring (bicyclic) bond motifs is 1. The Kier molecular flexibility index (Phi) is 5.66. The minimum absolute atomic E-state index is 0.122. The Hall–Kier alpha value is -3.07. The van der Waals surface area contributed by atoms with E-state index < -0.39 is 0 Å². The van der Waals surface area contributed by atoms with E-state index >= 15 is 0 Å². The first-order valence-corrected chi connectivity index (χ1v) is 10.2. The largest absolute Gasteiger partial charge is 0.486 e. The number of anilines is 1. The van der Waals surface area contributed by atoms with Gasteiger partial charge in [0.1, 0.15) is 13.2 Å². The maximum absolute atomic E-state index is 12.7. The molecule has 150 valence electrons. The highest BCUT2D eigenvalue weighted by Gasteiger charge is 2.21. The number of hydrogen-bond acceptors (Lipinski definition) is 7. The third kappa shape index (κ3) is 4.19. The predicted octanol–water partition coefficient (Wildman–Crippen LogP) is 3.25. The van der Waals surface area contributed by atoms with E-state index in [2.05, 4.69) is 20.5 Å². The Morgan fingerprint density at radius 1 is 1.17 bits per heavy atom. The van der Waals surface area contributed by atoms with Crippen LogP contribution in [0, 0.1) is 0 Å². The Balaban J connectivity index is 1.46. The number of nitrogens with zero attached hydrogens (tertiary/aromatic N) is 4. The molecule has 2 aromatic heterocycles. The zero-order chi connectivity index (χ0) is 20.2. The van der Waals surface area contributed by atoms with Crippen molar-refractivity contribution < 1.29 is 14.3 Å². The number of carbonyl (C=O) groups is 1. The van der Waals surface area contributed by atoms with Crippen molar-refractivity contribution in [2.75, 3.05) is 18.5 Å². The van der Waals surface area contributed by atoms with E-state index in [1.165, 1.54) is 11.8 Å². The van der Waals surface area contributed by atoms with Crippen molar-refractivity contribution in [3.8, 4) is 22.9 Å². The molecule has 3 heterocycles. The fourth-order valence-corrected chi connectivity index (χ4v) is 3.87. The molecule has 0 saturated heterocycles. The average molecular weight is 411 g/mol. The van der Waals surface area contributed by atoms with E-state index in [1.807, 2.05) is 30.5 Å². The molecule has 0 bridgehead atoms. The summed E-state index contributed by atoms with van der Waals surface area (Å²) >= 11 is 1.37. The van der Waals surface area contributed by atoms with Crippen LogP contribution >= 0.6 is 11.8 Å². The van der Waals surface area contributed by atoms with Crippen LogP contribution in [-0.2, 0) is 11.3 Å². The predicted molar refractivity (Wildman–Crippen MR) is 110 cm³/mol. The molecule has 1 unspecified atom stereocenters.